The first-order chi connectivity index (χ1) is 8.69. The summed E-state index contributed by atoms with van der Waals surface area (Å²) in [6, 6.07) is 10.2. The molecule has 0 saturated carbocycles. The molecule has 1 aromatic carbocycles. The summed E-state index contributed by atoms with van der Waals surface area (Å²) >= 11 is 0. The lowest BCUT2D eigenvalue weighted by atomic mass is 10.1. The molecule has 1 atom stereocenters. The van der Waals surface area contributed by atoms with Crippen LogP contribution in [-0.2, 0) is 6.42 Å². The Morgan fingerprint density at radius 3 is 2.56 bits per heavy atom. The molecular weight excluding hydrogens is 220 g/mol. The van der Waals surface area contributed by atoms with Crippen LogP contribution in [0.3, 0.4) is 0 Å². The van der Waals surface area contributed by atoms with Crippen molar-refractivity contribution in [2.24, 2.45) is 0 Å². The van der Waals surface area contributed by atoms with Crippen LogP contribution in [0.4, 0.5) is 5.69 Å². The Balaban J connectivity index is 1.86. The van der Waals surface area contributed by atoms with Crippen molar-refractivity contribution < 1.29 is 0 Å². The van der Waals surface area contributed by atoms with Crippen LogP contribution in [0, 0.1) is 0 Å². The Bertz CT molecular complexity index is 356. The monoisotopic (exact) mass is 246 g/mol. The van der Waals surface area contributed by atoms with Gasteiger partial charge < -0.3 is 5.32 Å². The fourth-order valence-electron chi connectivity index (χ4n) is 2.67. The molecule has 1 heterocycles. The van der Waals surface area contributed by atoms with Gasteiger partial charge in [-0.25, -0.2) is 0 Å². The molecule has 1 aromatic rings. The molecular formula is C16H26N2. The second kappa shape index (κ2) is 6.24. The van der Waals surface area contributed by atoms with Crippen LogP contribution in [0.2, 0.25) is 0 Å². The molecule has 0 spiro atoms. The van der Waals surface area contributed by atoms with Gasteiger partial charge in [0.25, 0.3) is 0 Å². The Labute approximate surface area is 111 Å². The number of likely N-dealkylation sites (tertiary alicyclic amines) is 1. The average molecular weight is 246 g/mol. The van der Waals surface area contributed by atoms with Gasteiger partial charge >= 0.3 is 0 Å². The fourth-order valence-corrected chi connectivity index (χ4v) is 2.67. The maximum atomic E-state index is 3.65. The highest BCUT2D eigenvalue weighted by Gasteiger charge is 2.23. The van der Waals surface area contributed by atoms with Gasteiger partial charge in [0, 0.05) is 30.9 Å². The SMILES string of the molecule is CCCc1ccc(NC2CCN(C(C)C)C2)cc1. The summed E-state index contributed by atoms with van der Waals surface area (Å²) in [4.78, 5) is 2.54. The third-order valence-electron chi connectivity index (χ3n) is 3.81. The number of benzene rings is 1. The van der Waals surface area contributed by atoms with Gasteiger partial charge in [0.1, 0.15) is 0 Å². The van der Waals surface area contributed by atoms with E-state index in [0.29, 0.717) is 12.1 Å². The molecule has 100 valence electrons. The molecule has 1 aliphatic rings. The Morgan fingerprint density at radius 2 is 2.00 bits per heavy atom. The van der Waals surface area contributed by atoms with E-state index in [1.165, 1.54) is 43.6 Å². The summed E-state index contributed by atoms with van der Waals surface area (Å²) in [5, 5.41) is 3.65. The lowest BCUT2D eigenvalue weighted by Crippen LogP contribution is -2.31. The van der Waals surface area contributed by atoms with E-state index in [4.69, 9.17) is 0 Å². The molecule has 0 aromatic heterocycles. The smallest absolute Gasteiger partial charge is 0.0400 e. The Hall–Kier alpha value is -1.02. The van der Waals surface area contributed by atoms with Gasteiger partial charge in [0.05, 0.1) is 0 Å². The minimum absolute atomic E-state index is 0.615. The summed E-state index contributed by atoms with van der Waals surface area (Å²) < 4.78 is 0. The molecule has 2 nitrogen and oxygen atoms in total. The number of rotatable bonds is 5. The molecule has 0 aliphatic carbocycles. The first-order valence-electron chi connectivity index (χ1n) is 7.28. The van der Waals surface area contributed by atoms with Gasteiger partial charge in [-0.2, -0.15) is 0 Å². The van der Waals surface area contributed by atoms with Crippen molar-refractivity contribution in [3.05, 3.63) is 29.8 Å². The first kappa shape index (κ1) is 13.4. The molecule has 0 amide bonds. The van der Waals surface area contributed by atoms with Crippen LogP contribution >= 0.6 is 0 Å². The van der Waals surface area contributed by atoms with Crippen LogP contribution in [0.15, 0.2) is 24.3 Å². The summed E-state index contributed by atoms with van der Waals surface area (Å²) in [6.07, 6.45) is 3.67. The highest BCUT2D eigenvalue weighted by molar-refractivity contribution is 5.45. The van der Waals surface area contributed by atoms with Crippen LogP contribution in [0.25, 0.3) is 0 Å². The minimum Gasteiger partial charge on any atom is -0.381 e. The minimum atomic E-state index is 0.615. The Morgan fingerprint density at radius 1 is 1.28 bits per heavy atom. The quantitative estimate of drug-likeness (QED) is 0.855. The fraction of sp³-hybridized carbons (Fsp3) is 0.625. The molecule has 2 heteroatoms. The van der Waals surface area contributed by atoms with Crippen molar-refractivity contribution in [1.82, 2.24) is 4.90 Å². The van der Waals surface area contributed by atoms with Crippen LogP contribution in [-0.4, -0.2) is 30.1 Å². The van der Waals surface area contributed by atoms with Gasteiger partial charge in [-0.15, -0.1) is 0 Å². The number of hydrogen-bond donors (Lipinski definition) is 1. The van der Waals surface area contributed by atoms with Gasteiger partial charge in [0.15, 0.2) is 0 Å². The van der Waals surface area contributed by atoms with E-state index in [0.717, 1.165) is 0 Å². The third kappa shape index (κ3) is 3.49. The predicted octanol–water partition coefficient (Wildman–Crippen LogP) is 3.53. The zero-order valence-electron chi connectivity index (χ0n) is 11.9. The molecule has 18 heavy (non-hydrogen) atoms. The largest absolute Gasteiger partial charge is 0.381 e. The van der Waals surface area contributed by atoms with Crippen molar-refractivity contribution in [3.8, 4) is 0 Å². The summed E-state index contributed by atoms with van der Waals surface area (Å²) in [6.45, 7) is 9.19. The number of aryl methyl sites for hydroxylation is 1. The second-order valence-electron chi connectivity index (χ2n) is 5.67. The molecule has 1 N–H and O–H groups in total. The van der Waals surface area contributed by atoms with E-state index in [1.807, 2.05) is 0 Å². The highest BCUT2D eigenvalue weighted by atomic mass is 15.2. The summed E-state index contributed by atoms with van der Waals surface area (Å²) in [7, 11) is 0. The molecule has 1 saturated heterocycles. The summed E-state index contributed by atoms with van der Waals surface area (Å²) in [5.74, 6) is 0. The Kier molecular flexibility index (Phi) is 4.65. The maximum Gasteiger partial charge on any atom is 0.0400 e. The highest BCUT2D eigenvalue weighted by Crippen LogP contribution is 2.18. The van der Waals surface area contributed by atoms with E-state index >= 15 is 0 Å². The van der Waals surface area contributed by atoms with E-state index < -0.39 is 0 Å². The topological polar surface area (TPSA) is 15.3 Å². The first-order valence-corrected chi connectivity index (χ1v) is 7.28. The van der Waals surface area contributed by atoms with Crippen molar-refractivity contribution in [2.75, 3.05) is 18.4 Å². The zero-order valence-corrected chi connectivity index (χ0v) is 11.9. The predicted molar refractivity (Wildman–Crippen MR) is 79.2 cm³/mol. The van der Waals surface area contributed by atoms with Crippen molar-refractivity contribution in [3.63, 3.8) is 0 Å². The molecule has 0 radical (unpaired) electrons. The lowest BCUT2D eigenvalue weighted by molar-refractivity contribution is 0.274. The van der Waals surface area contributed by atoms with Crippen molar-refractivity contribution >= 4 is 5.69 Å². The van der Waals surface area contributed by atoms with E-state index in [-0.39, 0.29) is 0 Å². The third-order valence-corrected chi connectivity index (χ3v) is 3.81. The molecule has 1 aliphatic heterocycles. The molecule has 1 unspecified atom stereocenters. The van der Waals surface area contributed by atoms with Crippen LogP contribution in [0.5, 0.6) is 0 Å². The van der Waals surface area contributed by atoms with E-state index in [2.05, 4.69) is 55.3 Å². The number of anilines is 1. The van der Waals surface area contributed by atoms with Crippen molar-refractivity contribution in [1.29, 1.82) is 0 Å². The van der Waals surface area contributed by atoms with Crippen LogP contribution in [0.1, 0.15) is 39.2 Å². The standard InChI is InChI=1S/C16H26N2/c1-4-5-14-6-8-15(9-7-14)17-16-10-11-18(12-16)13(2)3/h6-9,13,16-17H,4-5,10-12H2,1-3H3. The van der Waals surface area contributed by atoms with Crippen molar-refractivity contribution in [2.45, 2.75) is 52.1 Å². The normalized spacial score (nSPS) is 20.6. The maximum absolute atomic E-state index is 3.65. The number of nitrogens with one attached hydrogen (secondary N) is 1. The number of nitrogens with zero attached hydrogens (tertiary/aromatic N) is 1. The van der Waals surface area contributed by atoms with Gasteiger partial charge in [-0.05, 0) is 44.4 Å². The number of hydrogen-bond acceptors (Lipinski definition) is 2. The van der Waals surface area contributed by atoms with E-state index in [9.17, 15) is 0 Å². The average Bonchev–Trinajstić information content (AvgIpc) is 2.81. The molecule has 2 rings (SSSR count). The lowest BCUT2D eigenvalue weighted by Gasteiger charge is -2.21. The van der Waals surface area contributed by atoms with Gasteiger partial charge in [-0.3, -0.25) is 4.90 Å². The summed E-state index contributed by atoms with van der Waals surface area (Å²) in [5.41, 5.74) is 2.71. The van der Waals surface area contributed by atoms with E-state index in [1.54, 1.807) is 0 Å². The van der Waals surface area contributed by atoms with Crippen LogP contribution < -0.4 is 5.32 Å². The second-order valence-corrected chi connectivity index (χ2v) is 5.67. The van der Waals surface area contributed by atoms with Gasteiger partial charge in [0.2, 0.25) is 0 Å². The zero-order chi connectivity index (χ0) is 13.0. The molecule has 1 fully saturated rings. The molecule has 0 bridgehead atoms. The van der Waals surface area contributed by atoms with Gasteiger partial charge in [-0.1, -0.05) is 25.5 Å².